The van der Waals surface area contributed by atoms with Crippen molar-refractivity contribution < 1.29 is 13.5 Å². The van der Waals surface area contributed by atoms with Gasteiger partial charge in [0.1, 0.15) is 5.75 Å². The number of ether oxygens (including phenoxy) is 1. The highest BCUT2D eigenvalue weighted by molar-refractivity contribution is 5.85. The molecule has 0 spiro atoms. The Bertz CT molecular complexity index is 413. The maximum Gasteiger partial charge on any atom is 0.258 e. The van der Waals surface area contributed by atoms with Crippen LogP contribution in [0.2, 0.25) is 0 Å². The highest BCUT2D eigenvalue weighted by atomic mass is 35.5. The Kier molecular flexibility index (Phi) is 9.92. The van der Waals surface area contributed by atoms with E-state index < -0.39 is 12.5 Å². The van der Waals surface area contributed by atoms with Crippen molar-refractivity contribution >= 4 is 24.8 Å². The summed E-state index contributed by atoms with van der Waals surface area (Å²) in [5, 5.41) is 3.18. The Balaban J connectivity index is 0.00000220. The molecular weight excluding hydrogens is 333 g/mol. The summed E-state index contributed by atoms with van der Waals surface area (Å²) >= 11 is 0. The molecule has 0 saturated carbocycles. The van der Waals surface area contributed by atoms with Crippen LogP contribution in [0.5, 0.6) is 5.75 Å². The monoisotopic (exact) mass is 356 g/mol. The summed E-state index contributed by atoms with van der Waals surface area (Å²) in [6.45, 7) is 6.71. The van der Waals surface area contributed by atoms with Crippen LogP contribution < -0.4 is 10.1 Å². The van der Waals surface area contributed by atoms with Crippen LogP contribution in [0.1, 0.15) is 25.5 Å². The summed E-state index contributed by atoms with van der Waals surface area (Å²) in [6.07, 6.45) is -2.30. The number of halogens is 4. The first-order valence-electron chi connectivity index (χ1n) is 7.07. The Labute approximate surface area is 143 Å². The lowest BCUT2D eigenvalue weighted by Crippen LogP contribution is -2.46. The Morgan fingerprint density at radius 3 is 2.05 bits per heavy atom. The molecule has 128 valence electrons. The Morgan fingerprint density at radius 1 is 1.05 bits per heavy atom. The van der Waals surface area contributed by atoms with E-state index in [2.05, 4.69) is 5.32 Å². The minimum Gasteiger partial charge on any atom is -0.491 e. The van der Waals surface area contributed by atoms with Gasteiger partial charge in [0.25, 0.3) is 6.43 Å². The number of piperazine rings is 1. The fourth-order valence-electron chi connectivity index (χ4n) is 2.49. The number of hydrogen-bond donors (Lipinski definition) is 1. The molecule has 0 amide bonds. The molecule has 7 heteroatoms. The molecule has 0 radical (unpaired) electrons. The van der Waals surface area contributed by atoms with E-state index in [9.17, 15) is 8.78 Å². The minimum atomic E-state index is -2.38. The third-order valence-electron chi connectivity index (χ3n) is 3.38. The number of alkyl halides is 2. The molecule has 1 aromatic rings. The summed E-state index contributed by atoms with van der Waals surface area (Å²) in [5.74, 6) is 0.720. The second-order valence-electron chi connectivity index (χ2n) is 5.30. The number of hydrogen-bond acceptors (Lipinski definition) is 3. The highest BCUT2D eigenvalue weighted by Crippen LogP contribution is 2.29. The molecular formula is C15H24Cl2F2N2O. The van der Waals surface area contributed by atoms with Gasteiger partial charge in [-0.2, -0.15) is 0 Å². The lowest BCUT2D eigenvalue weighted by atomic mass is 10.0. The zero-order chi connectivity index (χ0) is 14.5. The van der Waals surface area contributed by atoms with Crippen LogP contribution in [0.15, 0.2) is 24.3 Å². The molecule has 3 nitrogen and oxygen atoms in total. The standard InChI is InChI=1S/C15H22F2N2O.2ClH/c1-11(2)20-13-5-3-12(4-6-13)14(15(16)17)19-9-7-18-8-10-19;;/h3-6,11,14-15,18H,7-10H2,1-2H3;2*1H/t14-;;/m0../s1. The fourth-order valence-corrected chi connectivity index (χ4v) is 2.49. The second-order valence-corrected chi connectivity index (χ2v) is 5.30. The Morgan fingerprint density at radius 2 is 1.59 bits per heavy atom. The van der Waals surface area contributed by atoms with Crippen LogP contribution in [0.25, 0.3) is 0 Å². The van der Waals surface area contributed by atoms with Crippen molar-refractivity contribution in [2.24, 2.45) is 0 Å². The van der Waals surface area contributed by atoms with E-state index in [1.165, 1.54) is 0 Å². The third-order valence-corrected chi connectivity index (χ3v) is 3.38. The van der Waals surface area contributed by atoms with E-state index in [1.54, 1.807) is 24.3 Å². The largest absolute Gasteiger partial charge is 0.491 e. The van der Waals surface area contributed by atoms with Gasteiger partial charge < -0.3 is 10.1 Å². The van der Waals surface area contributed by atoms with Crippen LogP contribution in [0.4, 0.5) is 8.78 Å². The van der Waals surface area contributed by atoms with E-state index >= 15 is 0 Å². The SMILES string of the molecule is CC(C)Oc1ccc([C@@H](C(F)F)N2CCNCC2)cc1.Cl.Cl. The van der Waals surface area contributed by atoms with Crippen molar-refractivity contribution in [1.29, 1.82) is 0 Å². The summed E-state index contributed by atoms with van der Waals surface area (Å²) in [5.41, 5.74) is 0.651. The molecule has 1 atom stereocenters. The maximum atomic E-state index is 13.4. The van der Waals surface area contributed by atoms with E-state index in [-0.39, 0.29) is 30.9 Å². The second kappa shape index (κ2) is 10.2. The van der Waals surface area contributed by atoms with Gasteiger partial charge in [0.05, 0.1) is 12.1 Å². The summed E-state index contributed by atoms with van der Waals surface area (Å²) in [6, 6.07) is 6.21. The van der Waals surface area contributed by atoms with Crippen LogP contribution in [0.3, 0.4) is 0 Å². The fraction of sp³-hybridized carbons (Fsp3) is 0.600. The van der Waals surface area contributed by atoms with Crippen LogP contribution >= 0.6 is 24.8 Å². The predicted molar refractivity (Wildman–Crippen MR) is 89.9 cm³/mol. The predicted octanol–water partition coefficient (Wildman–Crippen LogP) is 3.53. The number of rotatable bonds is 5. The van der Waals surface area contributed by atoms with Crippen LogP contribution in [0, 0.1) is 0 Å². The normalized spacial score (nSPS) is 16.8. The Hall–Kier alpha value is -0.620. The molecule has 0 bridgehead atoms. The minimum absolute atomic E-state index is 0. The third kappa shape index (κ3) is 5.88. The molecule has 0 unspecified atom stereocenters. The van der Waals surface area contributed by atoms with Crippen molar-refractivity contribution in [2.75, 3.05) is 26.2 Å². The number of nitrogens with one attached hydrogen (secondary N) is 1. The summed E-state index contributed by atoms with van der Waals surface area (Å²) in [4.78, 5) is 1.85. The van der Waals surface area contributed by atoms with Crippen LogP contribution in [-0.2, 0) is 0 Å². The first-order chi connectivity index (χ1) is 9.58. The first-order valence-corrected chi connectivity index (χ1v) is 7.07. The van der Waals surface area contributed by atoms with Gasteiger partial charge in [-0.3, -0.25) is 4.90 Å². The zero-order valence-corrected chi connectivity index (χ0v) is 14.4. The smallest absolute Gasteiger partial charge is 0.258 e. The van der Waals surface area contributed by atoms with Crippen molar-refractivity contribution in [1.82, 2.24) is 10.2 Å². The number of nitrogens with zero attached hydrogens (tertiary/aromatic N) is 1. The molecule has 1 saturated heterocycles. The quantitative estimate of drug-likeness (QED) is 0.873. The van der Waals surface area contributed by atoms with Gasteiger partial charge in [-0.25, -0.2) is 8.78 Å². The van der Waals surface area contributed by atoms with E-state index in [0.29, 0.717) is 18.7 Å². The maximum absolute atomic E-state index is 13.4. The lowest BCUT2D eigenvalue weighted by Gasteiger charge is -2.34. The molecule has 1 N–H and O–H groups in total. The first kappa shape index (κ1) is 21.4. The molecule has 0 aromatic heterocycles. The zero-order valence-electron chi connectivity index (χ0n) is 12.8. The van der Waals surface area contributed by atoms with Gasteiger partial charge >= 0.3 is 0 Å². The average molecular weight is 357 g/mol. The van der Waals surface area contributed by atoms with Gasteiger partial charge in [-0.1, -0.05) is 12.1 Å². The van der Waals surface area contributed by atoms with Gasteiger partial charge in [0.15, 0.2) is 0 Å². The molecule has 1 aliphatic heterocycles. The number of benzene rings is 1. The van der Waals surface area contributed by atoms with Crippen molar-refractivity contribution in [3.05, 3.63) is 29.8 Å². The van der Waals surface area contributed by atoms with Gasteiger partial charge in [0, 0.05) is 26.2 Å². The van der Waals surface area contributed by atoms with Crippen LogP contribution in [-0.4, -0.2) is 43.6 Å². The molecule has 1 aromatic carbocycles. The lowest BCUT2D eigenvalue weighted by molar-refractivity contribution is 0.0181. The van der Waals surface area contributed by atoms with Crippen molar-refractivity contribution in [3.63, 3.8) is 0 Å². The van der Waals surface area contributed by atoms with E-state index in [1.807, 2.05) is 18.7 Å². The topological polar surface area (TPSA) is 24.5 Å². The van der Waals surface area contributed by atoms with Gasteiger partial charge in [-0.05, 0) is 31.5 Å². The van der Waals surface area contributed by atoms with Crippen molar-refractivity contribution in [3.8, 4) is 5.75 Å². The highest BCUT2D eigenvalue weighted by Gasteiger charge is 2.29. The molecule has 1 fully saturated rings. The molecule has 22 heavy (non-hydrogen) atoms. The molecule has 2 rings (SSSR count). The van der Waals surface area contributed by atoms with Crippen molar-refractivity contribution in [2.45, 2.75) is 32.4 Å². The van der Waals surface area contributed by atoms with Gasteiger partial charge in [-0.15, -0.1) is 24.8 Å². The molecule has 0 aliphatic carbocycles. The van der Waals surface area contributed by atoms with E-state index in [4.69, 9.17) is 4.74 Å². The average Bonchev–Trinajstić information content (AvgIpc) is 2.41. The summed E-state index contributed by atoms with van der Waals surface area (Å²) in [7, 11) is 0. The summed E-state index contributed by atoms with van der Waals surface area (Å²) < 4.78 is 32.3. The molecule has 1 aliphatic rings. The molecule has 1 heterocycles. The van der Waals surface area contributed by atoms with Gasteiger partial charge in [0.2, 0.25) is 0 Å². The van der Waals surface area contributed by atoms with E-state index in [0.717, 1.165) is 18.8 Å².